The van der Waals surface area contributed by atoms with E-state index in [0.29, 0.717) is 5.78 Å². The van der Waals surface area contributed by atoms with Gasteiger partial charge in [0, 0.05) is 10.8 Å². The number of fused-ring (bicyclic) bond motifs is 2. The molecule has 0 saturated heterocycles. The summed E-state index contributed by atoms with van der Waals surface area (Å²) in [6.07, 6.45) is 0. The summed E-state index contributed by atoms with van der Waals surface area (Å²) in [4.78, 5) is 4.52. The quantitative estimate of drug-likeness (QED) is 0.393. The number of nitrogens with zero attached hydrogens (tertiary/aromatic N) is 5. The Labute approximate surface area is 106 Å². The van der Waals surface area contributed by atoms with Crippen molar-refractivity contribution in [3.63, 3.8) is 0 Å². The molecule has 0 aliphatic rings. The largest absolute Gasteiger partial charge is 0.274 e. The van der Waals surface area contributed by atoms with Gasteiger partial charge in [-0.25, -0.2) is 4.98 Å². The summed E-state index contributed by atoms with van der Waals surface area (Å²) >= 11 is 0. The van der Waals surface area contributed by atoms with Gasteiger partial charge in [-0.05, 0) is 33.3 Å². The molecule has 5 aromatic rings. The molecule has 0 saturated carbocycles. The molecule has 3 aromatic carbocycles. The van der Waals surface area contributed by atoms with Gasteiger partial charge in [-0.1, -0.05) is 35.4 Å². The highest BCUT2D eigenvalue weighted by molar-refractivity contribution is 6.21. The highest BCUT2D eigenvalue weighted by Gasteiger charge is 2.12. The van der Waals surface area contributed by atoms with Crippen molar-refractivity contribution in [1.29, 1.82) is 0 Å². The molecule has 0 radical (unpaired) electrons. The lowest BCUT2D eigenvalue weighted by atomic mass is 9.99. The number of rotatable bonds is 0. The first-order valence-corrected chi connectivity index (χ1v) is 6.03. The van der Waals surface area contributed by atoms with Crippen molar-refractivity contribution < 1.29 is 0 Å². The van der Waals surface area contributed by atoms with Crippen LogP contribution in [0.4, 0.5) is 0 Å². The van der Waals surface area contributed by atoms with E-state index in [0.717, 1.165) is 16.4 Å². The first-order chi connectivity index (χ1) is 9.42. The molecule has 5 rings (SSSR count). The van der Waals surface area contributed by atoms with Gasteiger partial charge < -0.3 is 0 Å². The molecular weight excluding hydrogens is 238 g/mol. The Morgan fingerprint density at radius 1 is 0.842 bits per heavy atom. The predicted molar refractivity (Wildman–Crippen MR) is 72.3 cm³/mol. The maximum Gasteiger partial charge on any atom is 0.274 e. The van der Waals surface area contributed by atoms with E-state index >= 15 is 0 Å². The van der Waals surface area contributed by atoms with Crippen molar-refractivity contribution in [2.24, 2.45) is 0 Å². The standard InChI is InChI=1S/C14H7N5/c1-2-8-4-6-10-13-11(7-5-9(3-1)12(8)13)19-14(15-10)16-17-18-19/h1-7H. The van der Waals surface area contributed by atoms with Crippen LogP contribution in [0.1, 0.15) is 0 Å². The van der Waals surface area contributed by atoms with E-state index in [4.69, 9.17) is 0 Å². The van der Waals surface area contributed by atoms with E-state index < -0.39 is 0 Å². The molecule has 0 aliphatic carbocycles. The minimum atomic E-state index is 0.533. The second kappa shape index (κ2) is 2.95. The lowest BCUT2D eigenvalue weighted by Gasteiger charge is -2.09. The summed E-state index contributed by atoms with van der Waals surface area (Å²) in [5.41, 5.74) is 1.93. The van der Waals surface area contributed by atoms with Crippen LogP contribution in [0.5, 0.6) is 0 Å². The molecule has 19 heavy (non-hydrogen) atoms. The van der Waals surface area contributed by atoms with Crippen molar-refractivity contribution in [3.8, 4) is 0 Å². The number of tetrazole rings is 1. The molecule has 0 amide bonds. The van der Waals surface area contributed by atoms with Gasteiger partial charge in [0.1, 0.15) is 0 Å². The van der Waals surface area contributed by atoms with Gasteiger partial charge in [-0.2, -0.15) is 4.52 Å². The van der Waals surface area contributed by atoms with E-state index in [1.807, 2.05) is 6.07 Å². The summed E-state index contributed by atoms with van der Waals surface area (Å²) < 4.78 is 1.69. The second-order valence-corrected chi connectivity index (χ2v) is 4.63. The van der Waals surface area contributed by atoms with Gasteiger partial charge in [0.05, 0.1) is 11.0 Å². The Bertz CT molecular complexity index is 1050. The molecule has 5 nitrogen and oxygen atoms in total. The smallest absolute Gasteiger partial charge is 0.210 e. The number of hydrogen-bond donors (Lipinski definition) is 0. The maximum absolute atomic E-state index is 4.52. The Kier molecular flexibility index (Phi) is 1.42. The molecule has 0 N–H and O–H groups in total. The average molecular weight is 245 g/mol. The van der Waals surface area contributed by atoms with Gasteiger partial charge >= 0.3 is 0 Å². The van der Waals surface area contributed by atoms with Crippen LogP contribution in [0.2, 0.25) is 0 Å². The minimum absolute atomic E-state index is 0.533. The predicted octanol–water partition coefficient (Wildman–Crippen LogP) is 2.42. The van der Waals surface area contributed by atoms with Crippen LogP contribution in [-0.4, -0.2) is 25.0 Å². The molecule has 88 valence electrons. The zero-order valence-electron chi connectivity index (χ0n) is 9.78. The molecule has 0 unspecified atom stereocenters. The van der Waals surface area contributed by atoms with Crippen molar-refractivity contribution in [3.05, 3.63) is 42.5 Å². The number of benzene rings is 3. The Morgan fingerprint density at radius 2 is 1.68 bits per heavy atom. The fourth-order valence-electron chi connectivity index (χ4n) is 2.83. The fraction of sp³-hybridized carbons (Fsp3) is 0. The monoisotopic (exact) mass is 245 g/mol. The number of aromatic nitrogens is 5. The summed E-state index contributed by atoms with van der Waals surface area (Å²) in [7, 11) is 0. The summed E-state index contributed by atoms with van der Waals surface area (Å²) in [6.45, 7) is 0. The first kappa shape index (κ1) is 9.16. The van der Waals surface area contributed by atoms with E-state index in [1.165, 1.54) is 16.2 Å². The first-order valence-electron chi connectivity index (χ1n) is 6.03. The van der Waals surface area contributed by atoms with Crippen LogP contribution in [-0.2, 0) is 0 Å². The normalized spacial score (nSPS) is 12.2. The van der Waals surface area contributed by atoms with Crippen molar-refractivity contribution in [1.82, 2.24) is 25.0 Å². The lowest BCUT2D eigenvalue weighted by molar-refractivity contribution is 0.841. The molecule has 0 aliphatic heterocycles. The minimum Gasteiger partial charge on any atom is -0.210 e. The van der Waals surface area contributed by atoms with Crippen LogP contribution in [0.3, 0.4) is 0 Å². The van der Waals surface area contributed by atoms with Gasteiger partial charge in [-0.15, -0.1) is 0 Å². The van der Waals surface area contributed by atoms with Crippen molar-refractivity contribution in [2.45, 2.75) is 0 Å². The van der Waals surface area contributed by atoms with Crippen LogP contribution in [0, 0.1) is 0 Å². The summed E-state index contributed by atoms with van der Waals surface area (Å²) in [6, 6.07) is 14.6. The third-order valence-corrected chi connectivity index (χ3v) is 3.63. The zero-order chi connectivity index (χ0) is 12.4. The maximum atomic E-state index is 4.52. The Morgan fingerprint density at radius 3 is 2.58 bits per heavy atom. The highest BCUT2D eigenvalue weighted by atomic mass is 15.5. The van der Waals surface area contributed by atoms with E-state index in [2.05, 4.69) is 56.9 Å². The molecule has 0 spiro atoms. The van der Waals surface area contributed by atoms with Crippen LogP contribution in [0.15, 0.2) is 42.5 Å². The molecule has 2 heterocycles. The highest BCUT2D eigenvalue weighted by Crippen LogP contribution is 2.33. The van der Waals surface area contributed by atoms with E-state index in [1.54, 1.807) is 4.52 Å². The second-order valence-electron chi connectivity index (χ2n) is 4.63. The lowest BCUT2D eigenvalue weighted by Crippen LogP contribution is -1.96. The Balaban J connectivity index is 2.27. The SMILES string of the molecule is c1cc2ccc3nc4nnnn4c4ccc(c1)c2c34. The molecule has 0 bridgehead atoms. The van der Waals surface area contributed by atoms with Gasteiger partial charge in [-0.3, -0.25) is 0 Å². The molecule has 0 fully saturated rings. The van der Waals surface area contributed by atoms with Gasteiger partial charge in [0.25, 0.3) is 5.78 Å². The van der Waals surface area contributed by atoms with Crippen molar-refractivity contribution in [2.75, 3.05) is 0 Å². The summed E-state index contributed by atoms with van der Waals surface area (Å²) in [5.74, 6) is 0.533. The van der Waals surface area contributed by atoms with Crippen LogP contribution >= 0.6 is 0 Å². The Hall–Kier alpha value is -2.82. The number of hydrogen-bond acceptors (Lipinski definition) is 4. The zero-order valence-corrected chi connectivity index (χ0v) is 9.78. The molecule has 0 atom stereocenters. The average Bonchev–Trinajstić information content (AvgIpc) is 2.92. The van der Waals surface area contributed by atoms with Crippen molar-refractivity contribution >= 4 is 38.4 Å². The molecular formula is C14H7N5. The third kappa shape index (κ3) is 1.01. The van der Waals surface area contributed by atoms with E-state index in [-0.39, 0.29) is 0 Å². The topological polar surface area (TPSA) is 56.0 Å². The summed E-state index contributed by atoms with van der Waals surface area (Å²) in [5, 5.41) is 16.4. The fourth-order valence-corrected chi connectivity index (χ4v) is 2.83. The van der Waals surface area contributed by atoms with E-state index in [9.17, 15) is 0 Å². The van der Waals surface area contributed by atoms with Crippen LogP contribution in [0.25, 0.3) is 38.4 Å². The third-order valence-electron chi connectivity index (χ3n) is 3.63. The van der Waals surface area contributed by atoms with Gasteiger partial charge in [0.15, 0.2) is 0 Å². The van der Waals surface area contributed by atoms with Crippen LogP contribution < -0.4 is 0 Å². The molecule has 5 heteroatoms. The molecule has 2 aromatic heterocycles. The van der Waals surface area contributed by atoms with Gasteiger partial charge in [0.2, 0.25) is 0 Å².